The van der Waals surface area contributed by atoms with Crippen molar-refractivity contribution in [3.8, 4) is 5.75 Å². The van der Waals surface area contributed by atoms with Gasteiger partial charge in [-0.1, -0.05) is 11.6 Å². The summed E-state index contributed by atoms with van der Waals surface area (Å²) in [4.78, 5) is 34.7. The summed E-state index contributed by atoms with van der Waals surface area (Å²) in [7, 11) is 1.47. The number of hydrogen-bond acceptors (Lipinski definition) is 7. The molecule has 0 fully saturated rings. The zero-order chi connectivity index (χ0) is 21.0. The Hall–Kier alpha value is -3.14. The van der Waals surface area contributed by atoms with Crippen LogP contribution in [0.15, 0.2) is 18.2 Å². The molecule has 1 heterocycles. The summed E-state index contributed by atoms with van der Waals surface area (Å²) in [5.41, 5.74) is 0.671. The van der Waals surface area contributed by atoms with Crippen molar-refractivity contribution < 1.29 is 24.0 Å². The topological polar surface area (TPSA) is 126 Å². The van der Waals surface area contributed by atoms with E-state index in [1.807, 2.05) is 0 Å². The lowest BCUT2D eigenvalue weighted by atomic mass is 10.3. The number of rotatable bonds is 7. The van der Waals surface area contributed by atoms with Crippen molar-refractivity contribution >= 4 is 34.9 Å². The normalized spacial score (nSPS) is 11.6. The van der Waals surface area contributed by atoms with E-state index in [0.29, 0.717) is 16.5 Å². The Morgan fingerprint density at radius 1 is 1.39 bits per heavy atom. The fourth-order valence-electron chi connectivity index (χ4n) is 2.50. The van der Waals surface area contributed by atoms with Crippen molar-refractivity contribution in [1.29, 1.82) is 0 Å². The van der Waals surface area contributed by atoms with Gasteiger partial charge < -0.3 is 14.8 Å². The van der Waals surface area contributed by atoms with Crippen LogP contribution in [0.4, 0.5) is 11.4 Å². The maximum atomic E-state index is 12.2. The largest absolute Gasteiger partial charge is 0.495 e. The molecule has 2 rings (SSSR count). The average Bonchev–Trinajstić information content (AvgIpc) is 2.88. The predicted molar refractivity (Wildman–Crippen MR) is 101 cm³/mol. The maximum Gasteiger partial charge on any atom is 0.328 e. The summed E-state index contributed by atoms with van der Waals surface area (Å²) >= 11 is 6.00. The Labute approximate surface area is 165 Å². The molecule has 0 aliphatic carbocycles. The Bertz CT molecular complexity index is 927. The number of halogens is 1. The Morgan fingerprint density at radius 2 is 2.07 bits per heavy atom. The zero-order valence-corrected chi connectivity index (χ0v) is 16.4. The van der Waals surface area contributed by atoms with E-state index in [9.17, 15) is 19.7 Å². The third kappa shape index (κ3) is 4.77. The van der Waals surface area contributed by atoms with Crippen molar-refractivity contribution in [2.75, 3.05) is 12.4 Å². The van der Waals surface area contributed by atoms with E-state index in [1.165, 1.54) is 38.6 Å². The Balaban J connectivity index is 1.98. The molecule has 2 aromatic rings. The van der Waals surface area contributed by atoms with Crippen LogP contribution < -0.4 is 10.1 Å². The van der Waals surface area contributed by atoms with Gasteiger partial charge in [-0.2, -0.15) is 5.10 Å². The number of benzene rings is 1. The van der Waals surface area contributed by atoms with E-state index in [0.717, 1.165) is 0 Å². The number of anilines is 1. The van der Waals surface area contributed by atoms with E-state index in [1.54, 1.807) is 12.1 Å². The molecule has 0 saturated carbocycles. The number of aromatic nitrogens is 2. The quantitative estimate of drug-likeness (QED) is 0.422. The predicted octanol–water partition coefficient (Wildman–Crippen LogP) is 2.64. The fourth-order valence-corrected chi connectivity index (χ4v) is 2.76. The van der Waals surface area contributed by atoms with E-state index in [2.05, 4.69) is 10.4 Å². The van der Waals surface area contributed by atoms with Crippen LogP contribution in [0.25, 0.3) is 0 Å². The van der Waals surface area contributed by atoms with Gasteiger partial charge >= 0.3 is 11.7 Å². The van der Waals surface area contributed by atoms with Crippen LogP contribution in [0.5, 0.6) is 5.75 Å². The third-order valence-corrected chi connectivity index (χ3v) is 4.20. The summed E-state index contributed by atoms with van der Waals surface area (Å²) < 4.78 is 11.3. The molecule has 1 amide bonds. The summed E-state index contributed by atoms with van der Waals surface area (Å²) in [6.45, 7) is 4.01. The number of ether oxygens (including phenoxy) is 2. The molecule has 0 unspecified atom stereocenters. The van der Waals surface area contributed by atoms with E-state index in [-0.39, 0.29) is 23.6 Å². The number of nitrogens with zero attached hydrogens (tertiary/aromatic N) is 3. The molecule has 0 spiro atoms. The average molecular weight is 411 g/mol. The SMILES string of the molecule is COc1ccc(NC(=O)[C@@H](C)OC(=O)Cn2nc(C)c([N+](=O)[O-])c2C)cc1Cl. The molecule has 0 aliphatic heterocycles. The molecule has 0 radical (unpaired) electrons. The molecular formula is C17H19ClN4O6. The highest BCUT2D eigenvalue weighted by molar-refractivity contribution is 6.32. The molecule has 28 heavy (non-hydrogen) atoms. The van der Waals surface area contributed by atoms with Gasteiger partial charge in [-0.3, -0.25) is 24.4 Å². The van der Waals surface area contributed by atoms with Gasteiger partial charge in [0.15, 0.2) is 6.10 Å². The molecule has 150 valence electrons. The van der Waals surface area contributed by atoms with Crippen molar-refractivity contribution in [3.63, 3.8) is 0 Å². The molecule has 10 nitrogen and oxygen atoms in total. The van der Waals surface area contributed by atoms with Gasteiger partial charge in [0, 0.05) is 5.69 Å². The molecule has 1 N–H and O–H groups in total. The minimum Gasteiger partial charge on any atom is -0.495 e. The number of nitro groups is 1. The molecule has 11 heteroatoms. The van der Waals surface area contributed by atoms with E-state index in [4.69, 9.17) is 21.1 Å². The minimum absolute atomic E-state index is 0.157. The molecule has 0 aliphatic rings. The Morgan fingerprint density at radius 3 is 2.61 bits per heavy atom. The smallest absolute Gasteiger partial charge is 0.328 e. The zero-order valence-electron chi connectivity index (χ0n) is 15.7. The highest BCUT2D eigenvalue weighted by Gasteiger charge is 2.24. The highest BCUT2D eigenvalue weighted by Crippen LogP contribution is 2.27. The van der Waals surface area contributed by atoms with Gasteiger partial charge in [0.2, 0.25) is 0 Å². The van der Waals surface area contributed by atoms with E-state index < -0.39 is 22.9 Å². The number of methoxy groups -OCH3 is 1. The first kappa shape index (κ1) is 21.2. The van der Waals surface area contributed by atoms with Crippen molar-refractivity contribution in [1.82, 2.24) is 9.78 Å². The number of carbonyl (C=O) groups is 2. The van der Waals surface area contributed by atoms with E-state index >= 15 is 0 Å². The van der Waals surface area contributed by atoms with Crippen LogP contribution in [-0.2, 0) is 20.9 Å². The third-order valence-electron chi connectivity index (χ3n) is 3.90. The lowest BCUT2D eigenvalue weighted by Crippen LogP contribution is -2.31. The number of aryl methyl sites for hydroxylation is 1. The number of hydrogen-bond donors (Lipinski definition) is 1. The second kappa shape index (κ2) is 8.70. The van der Waals surface area contributed by atoms with Crippen LogP contribution >= 0.6 is 11.6 Å². The van der Waals surface area contributed by atoms with Crippen molar-refractivity contribution in [2.24, 2.45) is 0 Å². The summed E-state index contributed by atoms with van der Waals surface area (Å²) in [6.07, 6.45) is -1.10. The number of esters is 1. The van der Waals surface area contributed by atoms with Crippen LogP contribution in [0.1, 0.15) is 18.3 Å². The van der Waals surface area contributed by atoms with Gasteiger partial charge in [-0.05, 0) is 39.0 Å². The lowest BCUT2D eigenvalue weighted by Gasteiger charge is -2.14. The molecular weight excluding hydrogens is 392 g/mol. The summed E-state index contributed by atoms with van der Waals surface area (Å²) in [5, 5.41) is 17.9. The second-order valence-corrected chi connectivity index (χ2v) is 6.31. The van der Waals surface area contributed by atoms with Crippen LogP contribution in [0.3, 0.4) is 0 Å². The molecule has 0 saturated heterocycles. The summed E-state index contributed by atoms with van der Waals surface area (Å²) in [5.74, 6) is -0.858. The van der Waals surface area contributed by atoms with Crippen LogP contribution in [0.2, 0.25) is 5.02 Å². The van der Waals surface area contributed by atoms with Crippen molar-refractivity contribution in [3.05, 3.63) is 44.7 Å². The van der Waals surface area contributed by atoms with Gasteiger partial charge in [0.25, 0.3) is 5.91 Å². The second-order valence-electron chi connectivity index (χ2n) is 5.90. The van der Waals surface area contributed by atoms with Gasteiger partial charge in [0.1, 0.15) is 23.7 Å². The summed E-state index contributed by atoms with van der Waals surface area (Å²) in [6, 6.07) is 4.68. The van der Waals surface area contributed by atoms with Crippen LogP contribution in [0, 0.1) is 24.0 Å². The fraction of sp³-hybridized carbons (Fsp3) is 0.353. The molecule has 1 atom stereocenters. The molecule has 1 aromatic heterocycles. The Kier molecular flexibility index (Phi) is 6.57. The van der Waals surface area contributed by atoms with Gasteiger partial charge in [-0.25, -0.2) is 0 Å². The minimum atomic E-state index is -1.10. The standard InChI is InChI=1S/C17H19ClN4O6/c1-9-16(22(25)26)10(2)21(20-9)8-15(23)28-11(3)17(24)19-12-5-6-14(27-4)13(18)7-12/h5-7,11H,8H2,1-4H3,(H,19,24)/t11-/m1/s1. The maximum absolute atomic E-state index is 12.2. The van der Waals surface area contributed by atoms with Crippen molar-refractivity contribution in [2.45, 2.75) is 33.4 Å². The van der Waals surface area contributed by atoms with Gasteiger partial charge in [-0.15, -0.1) is 0 Å². The molecule has 1 aromatic carbocycles. The first-order valence-corrected chi connectivity index (χ1v) is 8.54. The first-order chi connectivity index (χ1) is 13.1. The first-order valence-electron chi connectivity index (χ1n) is 8.16. The number of carbonyl (C=O) groups excluding carboxylic acids is 2. The van der Waals surface area contributed by atoms with Gasteiger partial charge in [0.05, 0.1) is 17.1 Å². The monoisotopic (exact) mass is 410 g/mol. The van der Waals surface area contributed by atoms with Crippen LogP contribution in [-0.4, -0.2) is 39.8 Å². The lowest BCUT2D eigenvalue weighted by molar-refractivity contribution is -0.386. The number of nitrogens with one attached hydrogen (secondary N) is 1. The number of amides is 1. The molecule has 0 bridgehead atoms. The highest BCUT2D eigenvalue weighted by atomic mass is 35.5.